The molecular weight excluding hydrogens is 186 g/mol. The standard InChI is InChI=1S/C13H19NO/c1-10-7-12(11(2)14(3)9-10)8-13-5-4-6-15-13/h4-6,8,10-11H,7,9H2,1-3H3/b12-8-. The highest BCUT2D eigenvalue weighted by Gasteiger charge is 2.23. The van der Waals surface area contributed by atoms with Crippen LogP contribution in [-0.2, 0) is 0 Å². The Hall–Kier alpha value is -1.02. The van der Waals surface area contributed by atoms with Crippen LogP contribution in [0.1, 0.15) is 26.0 Å². The lowest BCUT2D eigenvalue weighted by Gasteiger charge is -2.36. The van der Waals surface area contributed by atoms with Gasteiger partial charge >= 0.3 is 0 Å². The van der Waals surface area contributed by atoms with E-state index in [9.17, 15) is 0 Å². The third-order valence-corrected chi connectivity index (χ3v) is 3.25. The highest BCUT2D eigenvalue weighted by atomic mass is 16.3. The highest BCUT2D eigenvalue weighted by Crippen LogP contribution is 2.27. The topological polar surface area (TPSA) is 16.4 Å². The zero-order chi connectivity index (χ0) is 10.8. The average Bonchev–Trinajstić information content (AvgIpc) is 2.66. The van der Waals surface area contributed by atoms with Crippen LogP contribution in [0.5, 0.6) is 0 Å². The second kappa shape index (κ2) is 4.23. The van der Waals surface area contributed by atoms with Gasteiger partial charge in [0.2, 0.25) is 0 Å². The molecule has 1 saturated heterocycles. The van der Waals surface area contributed by atoms with E-state index in [1.165, 1.54) is 18.5 Å². The van der Waals surface area contributed by atoms with E-state index in [1.54, 1.807) is 6.26 Å². The maximum atomic E-state index is 5.36. The molecule has 15 heavy (non-hydrogen) atoms. The van der Waals surface area contributed by atoms with Gasteiger partial charge in [0.15, 0.2) is 0 Å². The van der Waals surface area contributed by atoms with Crippen molar-refractivity contribution in [3.63, 3.8) is 0 Å². The van der Waals surface area contributed by atoms with Crippen LogP contribution < -0.4 is 0 Å². The Kier molecular flexibility index (Phi) is 2.96. The van der Waals surface area contributed by atoms with Crippen molar-refractivity contribution in [2.24, 2.45) is 5.92 Å². The Morgan fingerprint density at radius 3 is 2.93 bits per heavy atom. The smallest absolute Gasteiger partial charge is 0.126 e. The molecule has 2 heterocycles. The van der Waals surface area contributed by atoms with E-state index in [0.717, 1.165) is 11.7 Å². The summed E-state index contributed by atoms with van der Waals surface area (Å²) in [7, 11) is 2.19. The number of likely N-dealkylation sites (N-methyl/N-ethyl adjacent to an activating group) is 1. The molecule has 0 spiro atoms. The molecule has 2 rings (SSSR count). The Labute approximate surface area is 91.6 Å². The summed E-state index contributed by atoms with van der Waals surface area (Å²) in [6.07, 6.45) is 5.11. The van der Waals surface area contributed by atoms with Gasteiger partial charge in [-0.15, -0.1) is 0 Å². The number of hydrogen-bond acceptors (Lipinski definition) is 2. The zero-order valence-corrected chi connectivity index (χ0v) is 9.73. The van der Waals surface area contributed by atoms with Crippen LogP contribution in [0.25, 0.3) is 6.08 Å². The van der Waals surface area contributed by atoms with Crippen LogP contribution in [0, 0.1) is 5.92 Å². The summed E-state index contributed by atoms with van der Waals surface area (Å²) in [5, 5.41) is 0. The third-order valence-electron chi connectivity index (χ3n) is 3.25. The van der Waals surface area contributed by atoms with Gasteiger partial charge in [-0.25, -0.2) is 0 Å². The van der Waals surface area contributed by atoms with Crippen molar-refractivity contribution in [3.05, 3.63) is 29.7 Å². The predicted octanol–water partition coefficient (Wildman–Crippen LogP) is 3.02. The van der Waals surface area contributed by atoms with Crippen LogP contribution in [0.3, 0.4) is 0 Å². The quantitative estimate of drug-likeness (QED) is 0.700. The van der Waals surface area contributed by atoms with Crippen LogP contribution >= 0.6 is 0 Å². The number of likely N-dealkylation sites (tertiary alicyclic amines) is 1. The van der Waals surface area contributed by atoms with Crippen LogP contribution in [0.4, 0.5) is 0 Å². The van der Waals surface area contributed by atoms with Crippen molar-refractivity contribution >= 4 is 6.08 Å². The minimum absolute atomic E-state index is 0.534. The summed E-state index contributed by atoms with van der Waals surface area (Å²) in [6.45, 7) is 5.76. The van der Waals surface area contributed by atoms with Crippen molar-refractivity contribution < 1.29 is 4.42 Å². The number of nitrogens with zero attached hydrogens (tertiary/aromatic N) is 1. The molecule has 1 aromatic heterocycles. The van der Waals surface area contributed by atoms with E-state index in [-0.39, 0.29) is 0 Å². The molecule has 1 aliphatic heterocycles. The Bertz CT molecular complexity index is 339. The van der Waals surface area contributed by atoms with E-state index < -0.39 is 0 Å². The summed E-state index contributed by atoms with van der Waals surface area (Å²) < 4.78 is 5.36. The normalized spacial score (nSPS) is 31.0. The van der Waals surface area contributed by atoms with Crippen molar-refractivity contribution in [1.29, 1.82) is 0 Å². The van der Waals surface area contributed by atoms with Crippen molar-refractivity contribution in [2.45, 2.75) is 26.3 Å². The summed E-state index contributed by atoms with van der Waals surface area (Å²) in [6, 6.07) is 4.48. The average molecular weight is 205 g/mol. The van der Waals surface area contributed by atoms with Gasteiger partial charge in [-0.05, 0) is 50.1 Å². The molecule has 0 aliphatic carbocycles. The molecule has 2 nitrogen and oxygen atoms in total. The number of hydrogen-bond donors (Lipinski definition) is 0. The van der Waals surface area contributed by atoms with Crippen LogP contribution in [-0.4, -0.2) is 24.5 Å². The molecule has 0 N–H and O–H groups in total. The molecular formula is C13H19NO. The summed E-state index contributed by atoms with van der Waals surface area (Å²) >= 11 is 0. The molecule has 1 aromatic rings. The summed E-state index contributed by atoms with van der Waals surface area (Å²) in [5.74, 6) is 1.71. The first-order valence-corrected chi connectivity index (χ1v) is 5.61. The first-order chi connectivity index (χ1) is 7.16. The van der Waals surface area contributed by atoms with Gasteiger partial charge in [-0.2, -0.15) is 0 Å². The second-order valence-corrected chi connectivity index (χ2v) is 4.66. The number of rotatable bonds is 1. The van der Waals surface area contributed by atoms with Gasteiger partial charge in [0, 0.05) is 12.6 Å². The first kappa shape index (κ1) is 10.5. The fourth-order valence-electron chi connectivity index (χ4n) is 2.31. The van der Waals surface area contributed by atoms with Gasteiger partial charge in [-0.1, -0.05) is 6.92 Å². The molecule has 1 fully saturated rings. The molecule has 1 aliphatic rings. The first-order valence-electron chi connectivity index (χ1n) is 5.61. The van der Waals surface area contributed by atoms with Crippen LogP contribution in [0.15, 0.2) is 28.4 Å². The predicted molar refractivity (Wildman–Crippen MR) is 62.6 cm³/mol. The minimum Gasteiger partial charge on any atom is -0.465 e. The molecule has 0 radical (unpaired) electrons. The molecule has 2 unspecified atom stereocenters. The molecule has 0 aromatic carbocycles. The van der Waals surface area contributed by atoms with Gasteiger partial charge in [0.25, 0.3) is 0 Å². The fraction of sp³-hybridized carbons (Fsp3) is 0.538. The minimum atomic E-state index is 0.534. The van der Waals surface area contributed by atoms with Crippen molar-refractivity contribution in [3.8, 4) is 0 Å². The second-order valence-electron chi connectivity index (χ2n) is 4.66. The molecule has 0 bridgehead atoms. The number of furan rings is 1. The lowest BCUT2D eigenvalue weighted by Crippen LogP contribution is -2.39. The number of piperidine rings is 1. The maximum absolute atomic E-state index is 5.36. The van der Waals surface area contributed by atoms with Gasteiger partial charge in [0.1, 0.15) is 5.76 Å². The maximum Gasteiger partial charge on any atom is 0.126 e. The summed E-state index contributed by atoms with van der Waals surface area (Å²) in [5.41, 5.74) is 1.48. The van der Waals surface area contributed by atoms with Gasteiger partial charge in [0.05, 0.1) is 6.26 Å². The SMILES string of the molecule is CC1C/C(=C/c2ccco2)C(C)N(C)C1. The van der Waals surface area contributed by atoms with Crippen molar-refractivity contribution in [1.82, 2.24) is 4.90 Å². The molecule has 0 saturated carbocycles. The Morgan fingerprint density at radius 1 is 1.47 bits per heavy atom. The molecule has 0 amide bonds. The van der Waals surface area contributed by atoms with E-state index in [0.29, 0.717) is 6.04 Å². The Morgan fingerprint density at radius 2 is 2.27 bits per heavy atom. The molecule has 2 heteroatoms. The van der Waals surface area contributed by atoms with E-state index in [2.05, 4.69) is 31.9 Å². The van der Waals surface area contributed by atoms with E-state index in [1.807, 2.05) is 12.1 Å². The van der Waals surface area contributed by atoms with Crippen molar-refractivity contribution in [2.75, 3.05) is 13.6 Å². The zero-order valence-electron chi connectivity index (χ0n) is 9.73. The molecule has 82 valence electrons. The van der Waals surface area contributed by atoms with E-state index >= 15 is 0 Å². The lowest BCUT2D eigenvalue weighted by atomic mass is 9.90. The largest absolute Gasteiger partial charge is 0.465 e. The monoisotopic (exact) mass is 205 g/mol. The van der Waals surface area contributed by atoms with E-state index in [4.69, 9.17) is 4.42 Å². The molecule has 2 atom stereocenters. The fourth-order valence-corrected chi connectivity index (χ4v) is 2.31. The van der Waals surface area contributed by atoms with Crippen LogP contribution in [0.2, 0.25) is 0 Å². The van der Waals surface area contributed by atoms with Gasteiger partial charge in [-0.3, -0.25) is 4.90 Å². The summed E-state index contributed by atoms with van der Waals surface area (Å²) in [4.78, 5) is 2.41. The lowest BCUT2D eigenvalue weighted by molar-refractivity contribution is 0.207. The third kappa shape index (κ3) is 2.32. The highest BCUT2D eigenvalue weighted by molar-refractivity contribution is 5.49. The Balaban J connectivity index is 2.20. The van der Waals surface area contributed by atoms with Gasteiger partial charge < -0.3 is 4.42 Å².